The third kappa shape index (κ3) is 2.75. The monoisotopic (exact) mass is 336 g/mol. The summed E-state index contributed by atoms with van der Waals surface area (Å²) in [6.07, 6.45) is -1.33. The van der Waals surface area contributed by atoms with Crippen molar-refractivity contribution in [2.24, 2.45) is 0 Å². The third-order valence-electron chi connectivity index (χ3n) is 3.74. The minimum Gasteiger partial charge on any atom is -0.505 e. The number of ether oxygens (including phenoxy) is 1. The molecular formula is C15H13ClN2O5. The highest BCUT2D eigenvalue weighted by molar-refractivity contribution is 6.34. The Hall–Kier alpha value is -2.54. The van der Waals surface area contributed by atoms with Gasteiger partial charge in [0.05, 0.1) is 0 Å². The zero-order valence-electron chi connectivity index (χ0n) is 11.9. The second kappa shape index (κ2) is 5.92. The van der Waals surface area contributed by atoms with Crippen LogP contribution in [0.3, 0.4) is 0 Å². The molecule has 3 rings (SSSR count). The lowest BCUT2D eigenvalue weighted by Gasteiger charge is -2.23. The number of carbonyl (C=O) groups is 2. The number of nitrogens with zero attached hydrogens (tertiary/aromatic N) is 2. The molecule has 0 bridgehead atoms. The summed E-state index contributed by atoms with van der Waals surface area (Å²) in [5.41, 5.74) is -0.213. The molecule has 7 nitrogen and oxygen atoms in total. The number of likely N-dealkylation sites (tertiary alicyclic amines) is 1. The predicted molar refractivity (Wildman–Crippen MR) is 81.6 cm³/mol. The first-order chi connectivity index (χ1) is 11.0. The number of fused-ring (bicyclic) bond motifs is 1. The summed E-state index contributed by atoms with van der Waals surface area (Å²) >= 11 is 6.09. The van der Waals surface area contributed by atoms with Crippen molar-refractivity contribution < 1.29 is 24.5 Å². The van der Waals surface area contributed by atoms with Crippen LogP contribution in [0.15, 0.2) is 24.3 Å². The number of pyridine rings is 1. The molecule has 1 amide bonds. The number of amides is 1. The number of aromatic nitrogens is 1. The smallest absolute Gasteiger partial charge is 0.505 e. The average molecular weight is 337 g/mol. The molecule has 1 aromatic heterocycles. The zero-order valence-corrected chi connectivity index (χ0v) is 12.7. The van der Waals surface area contributed by atoms with Gasteiger partial charge in [0.15, 0.2) is 17.7 Å². The van der Waals surface area contributed by atoms with E-state index < -0.39 is 18.3 Å². The van der Waals surface area contributed by atoms with E-state index in [0.717, 1.165) is 0 Å². The van der Waals surface area contributed by atoms with E-state index in [2.05, 4.69) is 4.98 Å². The van der Waals surface area contributed by atoms with Gasteiger partial charge in [0, 0.05) is 23.7 Å². The minimum atomic E-state index is -1.46. The molecule has 0 unspecified atom stereocenters. The van der Waals surface area contributed by atoms with Gasteiger partial charge in [-0.3, -0.25) is 4.79 Å². The SMILES string of the molecule is O=C(O)O[C@H]1CCCN1C(=O)c1nc(Cl)c2ccccc2c1O. The van der Waals surface area contributed by atoms with Crippen molar-refractivity contribution in [3.8, 4) is 5.75 Å². The van der Waals surface area contributed by atoms with Crippen LogP contribution in [0.2, 0.25) is 5.15 Å². The van der Waals surface area contributed by atoms with Gasteiger partial charge in [-0.1, -0.05) is 35.9 Å². The first-order valence-electron chi connectivity index (χ1n) is 6.97. The summed E-state index contributed by atoms with van der Waals surface area (Å²) in [6, 6.07) is 6.77. The Balaban J connectivity index is 2.01. The predicted octanol–water partition coefficient (Wildman–Crippen LogP) is 2.85. The average Bonchev–Trinajstić information content (AvgIpc) is 2.97. The Morgan fingerprint density at radius 3 is 2.70 bits per heavy atom. The molecule has 0 aliphatic carbocycles. The summed E-state index contributed by atoms with van der Waals surface area (Å²) in [4.78, 5) is 28.6. The van der Waals surface area contributed by atoms with Crippen molar-refractivity contribution in [2.45, 2.75) is 19.1 Å². The van der Waals surface area contributed by atoms with Crippen LogP contribution in [0.25, 0.3) is 10.8 Å². The quantitative estimate of drug-likeness (QED) is 0.646. The molecule has 2 heterocycles. The molecule has 1 aliphatic rings. The van der Waals surface area contributed by atoms with E-state index >= 15 is 0 Å². The van der Waals surface area contributed by atoms with Crippen molar-refractivity contribution in [2.75, 3.05) is 6.54 Å². The Morgan fingerprint density at radius 2 is 2.00 bits per heavy atom. The van der Waals surface area contributed by atoms with Crippen LogP contribution in [0.5, 0.6) is 5.75 Å². The highest BCUT2D eigenvalue weighted by atomic mass is 35.5. The molecule has 0 spiro atoms. The lowest BCUT2D eigenvalue weighted by Crippen LogP contribution is -2.38. The van der Waals surface area contributed by atoms with Crippen molar-refractivity contribution in [1.29, 1.82) is 0 Å². The minimum absolute atomic E-state index is 0.0941. The molecule has 23 heavy (non-hydrogen) atoms. The summed E-state index contributed by atoms with van der Waals surface area (Å²) < 4.78 is 4.70. The van der Waals surface area contributed by atoms with E-state index in [0.29, 0.717) is 30.2 Å². The number of carboxylic acid groups (broad SMARTS) is 1. The lowest BCUT2D eigenvalue weighted by atomic mass is 10.1. The fraction of sp³-hybridized carbons (Fsp3) is 0.267. The maximum atomic E-state index is 12.6. The van der Waals surface area contributed by atoms with E-state index in [1.54, 1.807) is 24.3 Å². The normalized spacial score (nSPS) is 17.4. The van der Waals surface area contributed by atoms with Crippen LogP contribution in [0.4, 0.5) is 4.79 Å². The van der Waals surface area contributed by atoms with E-state index in [1.165, 1.54) is 4.90 Å². The fourth-order valence-corrected chi connectivity index (χ4v) is 2.95. The van der Waals surface area contributed by atoms with Gasteiger partial charge in [0.25, 0.3) is 5.91 Å². The van der Waals surface area contributed by atoms with Gasteiger partial charge in [0.2, 0.25) is 0 Å². The second-order valence-corrected chi connectivity index (χ2v) is 5.48. The molecular weight excluding hydrogens is 324 g/mol. The molecule has 120 valence electrons. The number of rotatable bonds is 2. The second-order valence-electron chi connectivity index (χ2n) is 5.12. The summed E-state index contributed by atoms with van der Waals surface area (Å²) in [5, 5.41) is 20.1. The Labute approximate surface area is 136 Å². The Bertz CT molecular complexity index is 795. The molecule has 1 atom stereocenters. The standard InChI is InChI=1S/C15H13ClN2O5/c16-13-9-5-2-1-4-8(9)12(19)11(17-13)14(20)18-7-3-6-10(18)23-15(21)22/h1-2,4-5,10,19H,3,6-7H2,(H,21,22)/t10-/m0/s1. The first-order valence-corrected chi connectivity index (χ1v) is 7.34. The van der Waals surface area contributed by atoms with E-state index in [4.69, 9.17) is 21.4 Å². The van der Waals surface area contributed by atoms with Gasteiger partial charge in [-0.25, -0.2) is 9.78 Å². The topological polar surface area (TPSA) is 100.0 Å². The molecule has 8 heteroatoms. The van der Waals surface area contributed by atoms with E-state index in [9.17, 15) is 14.7 Å². The van der Waals surface area contributed by atoms with Gasteiger partial charge in [-0.15, -0.1) is 0 Å². The lowest BCUT2D eigenvalue weighted by molar-refractivity contribution is -0.00737. The molecule has 1 fully saturated rings. The van der Waals surface area contributed by atoms with Crippen LogP contribution < -0.4 is 0 Å². The van der Waals surface area contributed by atoms with Gasteiger partial charge < -0.3 is 19.8 Å². The molecule has 2 aromatic rings. The number of aromatic hydroxyl groups is 1. The maximum absolute atomic E-state index is 12.6. The largest absolute Gasteiger partial charge is 0.507 e. The number of carbonyl (C=O) groups excluding carboxylic acids is 1. The molecule has 0 saturated carbocycles. The summed E-state index contributed by atoms with van der Waals surface area (Å²) in [5.74, 6) is -0.894. The van der Waals surface area contributed by atoms with Crippen molar-refractivity contribution in [3.05, 3.63) is 35.1 Å². The number of hydrogen-bond donors (Lipinski definition) is 2. The number of hydrogen-bond acceptors (Lipinski definition) is 5. The van der Waals surface area contributed by atoms with Gasteiger partial charge in [-0.2, -0.15) is 0 Å². The molecule has 1 saturated heterocycles. The van der Waals surface area contributed by atoms with Crippen molar-refractivity contribution in [1.82, 2.24) is 9.88 Å². The van der Waals surface area contributed by atoms with Crippen molar-refractivity contribution in [3.63, 3.8) is 0 Å². The van der Waals surface area contributed by atoms with Gasteiger partial charge in [0.1, 0.15) is 5.15 Å². The van der Waals surface area contributed by atoms with E-state index in [1.807, 2.05) is 0 Å². The van der Waals surface area contributed by atoms with Gasteiger partial charge in [-0.05, 0) is 6.42 Å². The molecule has 1 aromatic carbocycles. The van der Waals surface area contributed by atoms with Crippen LogP contribution in [0.1, 0.15) is 23.3 Å². The molecule has 0 radical (unpaired) electrons. The highest BCUT2D eigenvalue weighted by Gasteiger charge is 2.34. The molecule has 1 aliphatic heterocycles. The first kappa shape index (κ1) is 15.4. The van der Waals surface area contributed by atoms with Crippen LogP contribution >= 0.6 is 11.6 Å². The van der Waals surface area contributed by atoms with Crippen LogP contribution in [-0.4, -0.2) is 44.9 Å². The van der Waals surface area contributed by atoms with Crippen LogP contribution in [-0.2, 0) is 4.74 Å². The Morgan fingerprint density at radius 1 is 1.30 bits per heavy atom. The molecule has 2 N–H and O–H groups in total. The fourth-order valence-electron chi connectivity index (χ4n) is 2.70. The highest BCUT2D eigenvalue weighted by Crippen LogP contribution is 2.33. The van der Waals surface area contributed by atoms with Gasteiger partial charge >= 0.3 is 6.16 Å². The number of benzene rings is 1. The zero-order chi connectivity index (χ0) is 16.6. The van der Waals surface area contributed by atoms with E-state index in [-0.39, 0.29) is 16.6 Å². The maximum Gasteiger partial charge on any atom is 0.507 e. The third-order valence-corrected chi connectivity index (χ3v) is 4.02. The Kier molecular flexibility index (Phi) is 3.96. The van der Waals surface area contributed by atoms with Crippen molar-refractivity contribution >= 4 is 34.4 Å². The number of halogens is 1. The van der Waals surface area contributed by atoms with Crippen LogP contribution in [0, 0.1) is 0 Å². The summed E-state index contributed by atoms with van der Waals surface area (Å²) in [7, 11) is 0. The summed E-state index contributed by atoms with van der Waals surface area (Å²) in [6.45, 7) is 0.322.